The maximum Gasteiger partial charge on any atom is 0.326 e. The zero-order valence-electron chi connectivity index (χ0n) is 20.7. The van der Waals surface area contributed by atoms with Gasteiger partial charge in [0.1, 0.15) is 18.1 Å². The van der Waals surface area contributed by atoms with Crippen molar-refractivity contribution in [1.82, 2.24) is 20.9 Å². The number of fused-ring (bicyclic) bond motifs is 1. The first-order valence-corrected chi connectivity index (χ1v) is 11.7. The highest BCUT2D eigenvalue weighted by atomic mass is 16.4. The Morgan fingerprint density at radius 1 is 0.919 bits per heavy atom. The predicted octanol–water partition coefficient (Wildman–Crippen LogP) is -0.912. The fourth-order valence-electron chi connectivity index (χ4n) is 3.71. The molecule has 2 aromatic rings. The van der Waals surface area contributed by atoms with Crippen LogP contribution in [0, 0.1) is 5.92 Å². The highest BCUT2D eigenvalue weighted by Crippen LogP contribution is 2.19. The summed E-state index contributed by atoms with van der Waals surface area (Å²) in [5.41, 5.74) is 7.01. The molecule has 3 amide bonds. The number of carbonyl (C=O) groups excluding carboxylic acids is 3. The van der Waals surface area contributed by atoms with Crippen LogP contribution in [-0.4, -0.2) is 80.2 Å². The Kier molecular flexibility index (Phi) is 10.1. The molecule has 0 saturated heterocycles. The van der Waals surface area contributed by atoms with Crippen molar-refractivity contribution in [1.29, 1.82) is 0 Å². The summed E-state index contributed by atoms with van der Waals surface area (Å²) < 4.78 is 0. The lowest BCUT2D eigenvalue weighted by Gasteiger charge is -2.28. The maximum atomic E-state index is 13.0. The third-order valence-electron chi connectivity index (χ3n) is 5.75. The molecule has 0 aliphatic carbocycles. The lowest BCUT2D eigenvalue weighted by molar-refractivity contribution is -0.142. The molecule has 1 aromatic carbocycles. The Balaban J connectivity index is 2.14. The number of carboxylic acids is 2. The van der Waals surface area contributed by atoms with Gasteiger partial charge in [0.05, 0.1) is 18.6 Å². The Morgan fingerprint density at radius 2 is 1.51 bits per heavy atom. The van der Waals surface area contributed by atoms with Crippen molar-refractivity contribution < 1.29 is 39.3 Å². The Morgan fingerprint density at radius 3 is 2.08 bits per heavy atom. The standard InChI is InChI=1S/C24H33N5O8/c1-11(2)19(28-23(35)20(12(3)30)29-21(33)15(25)9-18(31)32)22(34)27-17(24(36)37)8-13-10-26-16-7-5-4-6-14(13)16/h4-7,10-12,15,17,19-20,26,30H,8-9,25H2,1-3H3,(H,27,34)(H,28,35)(H,29,33)(H,31,32)(H,36,37). The summed E-state index contributed by atoms with van der Waals surface area (Å²) in [4.78, 5) is 63.8. The average molecular weight is 520 g/mol. The van der Waals surface area contributed by atoms with Gasteiger partial charge in [-0.1, -0.05) is 32.0 Å². The van der Waals surface area contributed by atoms with Crippen LogP contribution in [0.25, 0.3) is 10.9 Å². The topological polar surface area (TPSA) is 224 Å². The molecule has 0 saturated carbocycles. The van der Waals surface area contributed by atoms with Gasteiger partial charge in [0.25, 0.3) is 0 Å². The van der Waals surface area contributed by atoms with Gasteiger partial charge in [0, 0.05) is 23.5 Å². The lowest BCUT2D eigenvalue weighted by Crippen LogP contribution is -2.61. The molecule has 1 heterocycles. The van der Waals surface area contributed by atoms with Crippen molar-refractivity contribution in [2.45, 2.75) is 63.9 Å². The highest BCUT2D eigenvalue weighted by molar-refractivity contribution is 5.95. The molecule has 2 rings (SSSR count). The van der Waals surface area contributed by atoms with Gasteiger partial charge in [-0.2, -0.15) is 0 Å². The molecule has 5 atom stereocenters. The molecule has 0 spiro atoms. The first-order chi connectivity index (χ1) is 17.3. The first kappa shape index (κ1) is 29.3. The molecule has 37 heavy (non-hydrogen) atoms. The molecular weight excluding hydrogens is 486 g/mol. The first-order valence-electron chi connectivity index (χ1n) is 11.7. The second-order valence-electron chi connectivity index (χ2n) is 9.12. The van der Waals surface area contributed by atoms with Crippen LogP contribution in [-0.2, 0) is 30.4 Å². The number of hydrogen-bond donors (Lipinski definition) is 8. The smallest absolute Gasteiger partial charge is 0.326 e. The van der Waals surface area contributed by atoms with Crippen LogP contribution < -0.4 is 21.7 Å². The number of rotatable bonds is 13. The molecule has 0 aliphatic heterocycles. The Hall–Kier alpha value is -3.97. The molecule has 13 heteroatoms. The van der Waals surface area contributed by atoms with E-state index in [0.717, 1.165) is 10.9 Å². The summed E-state index contributed by atoms with van der Waals surface area (Å²) in [5, 5.41) is 36.4. The average Bonchev–Trinajstić information content (AvgIpc) is 3.21. The molecule has 5 unspecified atom stereocenters. The number of H-pyrrole nitrogens is 1. The zero-order valence-corrected chi connectivity index (χ0v) is 20.7. The van der Waals surface area contributed by atoms with E-state index in [9.17, 15) is 34.2 Å². The van der Waals surface area contributed by atoms with Crippen molar-refractivity contribution in [3.05, 3.63) is 36.0 Å². The minimum Gasteiger partial charge on any atom is -0.481 e. The largest absolute Gasteiger partial charge is 0.481 e. The summed E-state index contributed by atoms with van der Waals surface area (Å²) in [6.45, 7) is 4.47. The molecule has 202 valence electrons. The fraction of sp³-hybridized carbons (Fsp3) is 0.458. The van der Waals surface area contributed by atoms with Crippen LogP contribution in [0.15, 0.2) is 30.5 Å². The number of nitrogens with one attached hydrogen (secondary N) is 4. The second kappa shape index (κ2) is 12.8. The van der Waals surface area contributed by atoms with Crippen molar-refractivity contribution in [2.75, 3.05) is 0 Å². The van der Waals surface area contributed by atoms with Crippen molar-refractivity contribution in [3.8, 4) is 0 Å². The summed E-state index contributed by atoms with van der Waals surface area (Å²) in [6, 6.07) is 1.80. The van der Waals surface area contributed by atoms with Crippen LogP contribution in [0.2, 0.25) is 0 Å². The van der Waals surface area contributed by atoms with Gasteiger partial charge in [-0.05, 0) is 24.5 Å². The van der Waals surface area contributed by atoms with E-state index in [4.69, 9.17) is 10.8 Å². The number of aliphatic hydroxyl groups excluding tert-OH is 1. The van der Waals surface area contributed by atoms with Crippen LogP contribution in [0.3, 0.4) is 0 Å². The number of aliphatic hydroxyl groups is 1. The van der Waals surface area contributed by atoms with Crippen LogP contribution in [0.1, 0.15) is 32.8 Å². The summed E-state index contributed by atoms with van der Waals surface area (Å²) >= 11 is 0. The number of para-hydroxylation sites is 1. The van der Waals surface area contributed by atoms with Crippen molar-refractivity contribution in [3.63, 3.8) is 0 Å². The third kappa shape index (κ3) is 8.02. The van der Waals surface area contributed by atoms with Gasteiger partial charge in [-0.15, -0.1) is 0 Å². The summed E-state index contributed by atoms with van der Waals surface area (Å²) in [6.07, 6.45) is -0.452. The third-order valence-corrected chi connectivity index (χ3v) is 5.75. The molecule has 0 aliphatic rings. The number of benzene rings is 1. The number of aromatic nitrogens is 1. The van der Waals surface area contributed by atoms with Crippen LogP contribution in [0.4, 0.5) is 0 Å². The molecule has 9 N–H and O–H groups in total. The van der Waals surface area contributed by atoms with Gasteiger partial charge >= 0.3 is 11.9 Å². The molecule has 13 nitrogen and oxygen atoms in total. The molecule has 0 radical (unpaired) electrons. The number of amides is 3. The minimum absolute atomic E-state index is 0.0162. The van der Waals surface area contributed by atoms with Gasteiger partial charge < -0.3 is 42.0 Å². The van der Waals surface area contributed by atoms with Gasteiger partial charge in [0.2, 0.25) is 17.7 Å². The molecule has 1 aromatic heterocycles. The Labute approximate surface area is 212 Å². The van der Waals surface area contributed by atoms with Crippen LogP contribution >= 0.6 is 0 Å². The normalized spacial score (nSPS) is 15.3. The monoisotopic (exact) mass is 519 g/mol. The predicted molar refractivity (Wildman–Crippen MR) is 132 cm³/mol. The van der Waals surface area contributed by atoms with Crippen molar-refractivity contribution >= 4 is 40.6 Å². The van der Waals surface area contributed by atoms with E-state index >= 15 is 0 Å². The van der Waals surface area contributed by atoms with Gasteiger partial charge in [0.15, 0.2) is 0 Å². The second-order valence-corrected chi connectivity index (χ2v) is 9.12. The summed E-state index contributed by atoms with van der Waals surface area (Å²) in [5.74, 6) is -5.76. The SMILES string of the molecule is CC(C)C(NC(=O)C(NC(=O)C(N)CC(=O)O)C(C)O)C(=O)NC(Cc1c[nH]c2ccccc12)C(=O)O. The van der Waals surface area contributed by atoms with E-state index in [1.807, 2.05) is 24.3 Å². The number of carboxylic acid groups (broad SMARTS) is 2. The maximum absolute atomic E-state index is 13.0. The van der Waals surface area contributed by atoms with E-state index in [1.165, 1.54) is 6.92 Å². The van der Waals surface area contributed by atoms with Crippen LogP contribution in [0.5, 0.6) is 0 Å². The fourth-order valence-corrected chi connectivity index (χ4v) is 3.71. The lowest BCUT2D eigenvalue weighted by atomic mass is 10.00. The summed E-state index contributed by atoms with van der Waals surface area (Å²) in [7, 11) is 0. The highest BCUT2D eigenvalue weighted by Gasteiger charge is 2.34. The van der Waals surface area contributed by atoms with Gasteiger partial charge in [-0.25, -0.2) is 4.79 Å². The number of aliphatic carboxylic acids is 2. The number of nitrogens with two attached hydrogens (primary N) is 1. The van der Waals surface area contributed by atoms with Gasteiger partial charge in [-0.3, -0.25) is 19.2 Å². The minimum atomic E-state index is -1.54. The van der Waals surface area contributed by atoms with E-state index in [1.54, 1.807) is 20.0 Å². The molecule has 0 fully saturated rings. The van der Waals surface area contributed by atoms with Crippen molar-refractivity contribution in [2.24, 2.45) is 11.7 Å². The quantitative estimate of drug-likeness (QED) is 0.164. The van der Waals surface area contributed by atoms with E-state index in [-0.39, 0.29) is 6.42 Å². The number of aromatic amines is 1. The molecule has 0 bridgehead atoms. The number of carbonyl (C=O) groups is 5. The van der Waals surface area contributed by atoms with E-state index < -0.39 is 72.3 Å². The number of hydrogen-bond acceptors (Lipinski definition) is 7. The molecular formula is C24H33N5O8. The zero-order chi connectivity index (χ0) is 27.9. The van der Waals surface area contributed by atoms with E-state index in [0.29, 0.717) is 5.56 Å². The van der Waals surface area contributed by atoms with E-state index in [2.05, 4.69) is 20.9 Å². The Bertz CT molecular complexity index is 1150.